The number of aromatic nitrogens is 2. The van der Waals surface area contributed by atoms with E-state index in [-0.39, 0.29) is 22.4 Å². The van der Waals surface area contributed by atoms with E-state index in [1.165, 1.54) is 36.0 Å². The second-order valence-corrected chi connectivity index (χ2v) is 6.34. The summed E-state index contributed by atoms with van der Waals surface area (Å²) in [6, 6.07) is 12.1. The summed E-state index contributed by atoms with van der Waals surface area (Å²) in [6.45, 7) is 0. The monoisotopic (exact) mass is 370 g/mol. The van der Waals surface area contributed by atoms with Crippen LogP contribution in [-0.4, -0.2) is 15.3 Å². The fraction of sp³-hybridized carbons (Fsp3) is 0.0556. The Labute approximate surface area is 150 Å². The first-order chi connectivity index (χ1) is 12.6. The van der Waals surface area contributed by atoms with Gasteiger partial charge in [-0.2, -0.15) is 0 Å². The highest BCUT2D eigenvalue weighted by Crippen LogP contribution is 2.29. The number of fused-ring (bicyclic) bond motifs is 1. The number of phenols is 1. The van der Waals surface area contributed by atoms with Crippen molar-refractivity contribution in [2.45, 2.75) is 11.0 Å². The summed E-state index contributed by atoms with van der Waals surface area (Å²) in [6.07, 6.45) is 0. The number of phenolic OH excluding ortho intramolecular Hbond substituents is 1. The van der Waals surface area contributed by atoms with Crippen molar-refractivity contribution in [3.63, 3.8) is 0 Å². The van der Waals surface area contributed by atoms with Crippen LogP contribution in [0, 0.1) is 5.82 Å². The first-order valence-corrected chi connectivity index (χ1v) is 8.56. The van der Waals surface area contributed by atoms with Crippen LogP contribution in [0.15, 0.2) is 67.4 Å². The molecule has 4 aromatic rings. The molecule has 1 N–H and O–H groups in total. The second kappa shape index (κ2) is 6.64. The minimum absolute atomic E-state index is 0.0110. The van der Waals surface area contributed by atoms with Crippen molar-refractivity contribution < 1.29 is 18.3 Å². The maximum atomic E-state index is 13.8. The molecule has 0 aliphatic carbocycles. The largest absolute Gasteiger partial charge is 0.508 e. The Morgan fingerprint density at radius 1 is 1.08 bits per heavy atom. The van der Waals surface area contributed by atoms with E-state index in [0.29, 0.717) is 22.3 Å². The van der Waals surface area contributed by atoms with Crippen LogP contribution >= 0.6 is 11.8 Å². The lowest BCUT2D eigenvalue weighted by molar-refractivity contribution is 0.462. The lowest BCUT2D eigenvalue weighted by atomic mass is 10.1. The molecule has 0 unspecified atom stereocenters. The fourth-order valence-corrected chi connectivity index (χ4v) is 3.24. The number of thioether (sulfide) groups is 1. The van der Waals surface area contributed by atoms with Crippen LogP contribution in [0.25, 0.3) is 22.4 Å². The third-order valence-corrected chi connectivity index (χ3v) is 4.54. The minimum Gasteiger partial charge on any atom is -0.508 e. The summed E-state index contributed by atoms with van der Waals surface area (Å²) in [5, 5.41) is 18.2. The van der Waals surface area contributed by atoms with Crippen LogP contribution in [0.2, 0.25) is 0 Å². The zero-order valence-corrected chi connectivity index (χ0v) is 14.0. The van der Waals surface area contributed by atoms with Gasteiger partial charge in [-0.05, 0) is 29.8 Å². The molecule has 0 amide bonds. The van der Waals surface area contributed by atoms with Gasteiger partial charge in [-0.25, -0.2) is 9.18 Å². The molecule has 0 saturated heterocycles. The number of hydrogen-bond acceptors (Lipinski definition) is 7. The van der Waals surface area contributed by atoms with Crippen LogP contribution in [0.5, 0.6) is 5.75 Å². The van der Waals surface area contributed by atoms with Crippen molar-refractivity contribution in [2.75, 3.05) is 0 Å². The number of nitrogens with zero attached hydrogens (tertiary/aromatic N) is 2. The topological polar surface area (TPSA) is 89.4 Å². The normalized spacial score (nSPS) is 11.1. The van der Waals surface area contributed by atoms with Gasteiger partial charge in [-0.3, -0.25) is 0 Å². The molecule has 130 valence electrons. The first kappa shape index (κ1) is 16.3. The highest BCUT2D eigenvalue weighted by molar-refractivity contribution is 7.98. The smallest absolute Gasteiger partial charge is 0.336 e. The summed E-state index contributed by atoms with van der Waals surface area (Å²) < 4.78 is 24.4. The van der Waals surface area contributed by atoms with Crippen molar-refractivity contribution in [1.29, 1.82) is 0 Å². The molecule has 26 heavy (non-hydrogen) atoms. The number of halogens is 1. The molecule has 0 spiro atoms. The Hall–Kier alpha value is -3.13. The molecule has 2 aromatic carbocycles. The van der Waals surface area contributed by atoms with Crippen LogP contribution in [0.3, 0.4) is 0 Å². The SMILES string of the molecule is O=c1cc(CSc2nnc(-c3ccccc3F)o2)c2ccc(O)cc2o1. The van der Waals surface area contributed by atoms with Gasteiger partial charge in [0.05, 0.1) is 5.56 Å². The van der Waals surface area contributed by atoms with Crippen molar-refractivity contribution in [3.8, 4) is 17.2 Å². The van der Waals surface area contributed by atoms with Gasteiger partial charge in [0.2, 0.25) is 0 Å². The standard InChI is InChI=1S/C18H11FN2O4S/c19-14-4-2-1-3-13(14)17-20-21-18(25-17)26-9-10-7-16(23)24-15-8-11(22)5-6-12(10)15/h1-8,22H,9H2. The zero-order valence-electron chi connectivity index (χ0n) is 13.2. The van der Waals surface area contributed by atoms with Gasteiger partial charge in [-0.15, -0.1) is 10.2 Å². The van der Waals surface area contributed by atoms with E-state index in [1.54, 1.807) is 24.3 Å². The van der Waals surface area contributed by atoms with Crippen molar-refractivity contribution in [1.82, 2.24) is 10.2 Å². The van der Waals surface area contributed by atoms with E-state index in [4.69, 9.17) is 8.83 Å². The van der Waals surface area contributed by atoms with E-state index in [9.17, 15) is 14.3 Å². The van der Waals surface area contributed by atoms with E-state index < -0.39 is 11.4 Å². The predicted molar refractivity (Wildman–Crippen MR) is 93.4 cm³/mol. The van der Waals surface area contributed by atoms with E-state index >= 15 is 0 Å². The van der Waals surface area contributed by atoms with Crippen molar-refractivity contribution in [2.24, 2.45) is 0 Å². The Morgan fingerprint density at radius 2 is 1.92 bits per heavy atom. The third kappa shape index (κ3) is 3.18. The predicted octanol–water partition coefficient (Wildman–Crippen LogP) is 3.98. The molecule has 2 aromatic heterocycles. The average Bonchev–Trinajstić information content (AvgIpc) is 3.08. The minimum atomic E-state index is -0.517. The molecule has 0 aliphatic rings. The van der Waals surface area contributed by atoms with Gasteiger partial charge in [-0.1, -0.05) is 23.9 Å². The Kier molecular flexibility index (Phi) is 4.18. The molecule has 4 rings (SSSR count). The molecule has 0 fully saturated rings. The lowest BCUT2D eigenvalue weighted by Gasteiger charge is -2.04. The quantitative estimate of drug-likeness (QED) is 0.429. The number of rotatable bonds is 4. The molecule has 0 bridgehead atoms. The lowest BCUT2D eigenvalue weighted by Crippen LogP contribution is -1.99. The number of benzene rings is 2. The zero-order chi connectivity index (χ0) is 18.1. The van der Waals surface area contributed by atoms with Gasteiger partial charge in [0.25, 0.3) is 11.1 Å². The summed E-state index contributed by atoms with van der Waals surface area (Å²) in [5.74, 6) is 0.0233. The van der Waals surface area contributed by atoms with E-state index in [0.717, 1.165) is 0 Å². The van der Waals surface area contributed by atoms with Gasteiger partial charge in [0.15, 0.2) is 0 Å². The Morgan fingerprint density at radius 3 is 2.77 bits per heavy atom. The molecule has 0 radical (unpaired) electrons. The highest BCUT2D eigenvalue weighted by atomic mass is 32.2. The average molecular weight is 370 g/mol. The molecule has 8 heteroatoms. The number of aromatic hydroxyl groups is 1. The fourth-order valence-electron chi connectivity index (χ4n) is 2.49. The summed E-state index contributed by atoms with van der Waals surface area (Å²) in [7, 11) is 0. The number of hydrogen-bond donors (Lipinski definition) is 1. The second-order valence-electron chi connectivity index (χ2n) is 5.41. The van der Waals surface area contributed by atoms with Gasteiger partial charge >= 0.3 is 5.63 Å². The molecule has 0 aliphatic heterocycles. The van der Waals surface area contributed by atoms with E-state index in [1.807, 2.05) is 0 Å². The van der Waals surface area contributed by atoms with Crippen LogP contribution in [-0.2, 0) is 5.75 Å². The maximum absolute atomic E-state index is 13.8. The van der Waals surface area contributed by atoms with Crippen LogP contribution in [0.4, 0.5) is 4.39 Å². The third-order valence-electron chi connectivity index (χ3n) is 3.68. The molecule has 2 heterocycles. The maximum Gasteiger partial charge on any atom is 0.336 e. The molecule has 6 nitrogen and oxygen atoms in total. The van der Waals surface area contributed by atoms with Crippen LogP contribution in [0.1, 0.15) is 5.56 Å². The van der Waals surface area contributed by atoms with Gasteiger partial charge in [0.1, 0.15) is 17.1 Å². The van der Waals surface area contributed by atoms with E-state index in [2.05, 4.69) is 10.2 Å². The molecular weight excluding hydrogens is 359 g/mol. The molecule has 0 atom stereocenters. The van der Waals surface area contributed by atoms with Crippen molar-refractivity contribution >= 4 is 22.7 Å². The summed E-state index contributed by atoms with van der Waals surface area (Å²) in [4.78, 5) is 11.7. The first-order valence-electron chi connectivity index (χ1n) is 7.57. The highest BCUT2D eigenvalue weighted by Gasteiger charge is 2.14. The molecular formula is C18H11FN2O4S. The molecule has 0 saturated carbocycles. The summed E-state index contributed by atoms with van der Waals surface area (Å²) in [5.41, 5.74) is 0.710. The Balaban J connectivity index is 1.60. The van der Waals surface area contributed by atoms with Gasteiger partial charge < -0.3 is 13.9 Å². The van der Waals surface area contributed by atoms with Crippen molar-refractivity contribution in [3.05, 3.63) is 70.3 Å². The Bertz CT molecular complexity index is 1160. The summed E-state index contributed by atoms with van der Waals surface area (Å²) >= 11 is 1.22. The van der Waals surface area contributed by atoms with Crippen LogP contribution < -0.4 is 5.63 Å². The van der Waals surface area contributed by atoms with Gasteiger partial charge in [0, 0.05) is 23.3 Å².